The summed E-state index contributed by atoms with van der Waals surface area (Å²) in [5, 5.41) is 17.4. The van der Waals surface area contributed by atoms with Gasteiger partial charge in [-0.25, -0.2) is 4.98 Å². The first kappa shape index (κ1) is 14.3. The molecule has 3 heterocycles. The molecule has 1 unspecified atom stereocenters. The number of rotatable bonds is 4. The van der Waals surface area contributed by atoms with Crippen molar-refractivity contribution in [1.29, 1.82) is 5.26 Å². The lowest BCUT2D eigenvalue weighted by Crippen LogP contribution is -2.32. The van der Waals surface area contributed by atoms with Crippen molar-refractivity contribution in [1.82, 2.24) is 14.6 Å². The Balaban J connectivity index is 1.88. The van der Waals surface area contributed by atoms with E-state index in [1.807, 2.05) is 4.52 Å². The van der Waals surface area contributed by atoms with Crippen molar-refractivity contribution >= 4 is 17.3 Å². The second kappa shape index (κ2) is 5.41. The van der Waals surface area contributed by atoms with Crippen molar-refractivity contribution in [2.24, 2.45) is 0 Å². The predicted octanol–water partition coefficient (Wildman–Crippen LogP) is 2.73. The van der Waals surface area contributed by atoms with Gasteiger partial charge in [0.2, 0.25) is 0 Å². The fraction of sp³-hybridized carbons (Fsp3) is 0.588. The van der Waals surface area contributed by atoms with Crippen LogP contribution < -0.4 is 10.2 Å². The maximum atomic E-state index is 9.35. The standard InChI is InChI=1S/C17H22N6/c1-3-11(2)22-8-7-14-15(20-13-5-4-6-13)21-16-12(9-18)10-19-23(16)17(14)22/h10-11,13H,3-8H2,1-2H3,(H,20,21). The molecule has 2 aromatic heterocycles. The van der Waals surface area contributed by atoms with E-state index in [0.717, 1.165) is 31.0 Å². The number of nitrogens with one attached hydrogen (secondary N) is 1. The number of aromatic nitrogens is 3. The molecule has 2 aromatic rings. The highest BCUT2D eigenvalue weighted by Gasteiger charge is 2.31. The van der Waals surface area contributed by atoms with Gasteiger partial charge in [0.05, 0.1) is 6.20 Å². The predicted molar refractivity (Wildman–Crippen MR) is 89.8 cm³/mol. The van der Waals surface area contributed by atoms with Crippen LogP contribution in [0.5, 0.6) is 0 Å². The van der Waals surface area contributed by atoms with Gasteiger partial charge < -0.3 is 10.2 Å². The largest absolute Gasteiger partial charge is 0.367 e. The minimum absolute atomic E-state index is 0.452. The molecule has 4 rings (SSSR count). The molecule has 0 saturated heterocycles. The van der Waals surface area contributed by atoms with Crippen molar-refractivity contribution in [2.45, 2.75) is 58.0 Å². The van der Waals surface area contributed by atoms with Crippen molar-refractivity contribution in [2.75, 3.05) is 16.8 Å². The first-order valence-electron chi connectivity index (χ1n) is 8.56. The van der Waals surface area contributed by atoms with Crippen LogP contribution in [0.15, 0.2) is 6.20 Å². The number of anilines is 2. The molecule has 0 aromatic carbocycles. The van der Waals surface area contributed by atoms with Crippen LogP contribution in [-0.2, 0) is 6.42 Å². The van der Waals surface area contributed by atoms with E-state index < -0.39 is 0 Å². The zero-order chi connectivity index (χ0) is 16.0. The van der Waals surface area contributed by atoms with Crippen LogP contribution in [0.25, 0.3) is 5.65 Å². The van der Waals surface area contributed by atoms with Gasteiger partial charge in [-0.3, -0.25) is 0 Å². The molecule has 1 aliphatic carbocycles. The van der Waals surface area contributed by atoms with E-state index in [9.17, 15) is 5.26 Å². The highest BCUT2D eigenvalue weighted by Crippen LogP contribution is 2.37. The van der Waals surface area contributed by atoms with Gasteiger partial charge in [0.1, 0.15) is 23.3 Å². The zero-order valence-corrected chi connectivity index (χ0v) is 13.7. The second-order valence-electron chi connectivity index (χ2n) is 6.64. The highest BCUT2D eigenvalue weighted by atomic mass is 15.4. The molecule has 0 radical (unpaired) electrons. The van der Waals surface area contributed by atoms with Crippen LogP contribution >= 0.6 is 0 Å². The first-order valence-corrected chi connectivity index (χ1v) is 8.56. The average molecular weight is 310 g/mol. The Morgan fingerprint density at radius 2 is 2.30 bits per heavy atom. The van der Waals surface area contributed by atoms with E-state index in [2.05, 4.69) is 35.2 Å². The normalized spacial score (nSPS) is 18.6. The topological polar surface area (TPSA) is 69.2 Å². The molecule has 6 nitrogen and oxygen atoms in total. The summed E-state index contributed by atoms with van der Waals surface area (Å²) < 4.78 is 1.86. The SMILES string of the molecule is CCC(C)N1CCc2c(NC3CCC3)nc3c(C#N)cnn3c21. The van der Waals surface area contributed by atoms with Crippen LogP contribution in [0.3, 0.4) is 0 Å². The lowest BCUT2D eigenvalue weighted by molar-refractivity contribution is 0.444. The summed E-state index contributed by atoms with van der Waals surface area (Å²) in [6.07, 6.45) is 7.41. The van der Waals surface area contributed by atoms with E-state index >= 15 is 0 Å². The Hall–Kier alpha value is -2.29. The third kappa shape index (κ3) is 2.14. The van der Waals surface area contributed by atoms with Crippen molar-refractivity contribution in [3.63, 3.8) is 0 Å². The van der Waals surface area contributed by atoms with Crippen LogP contribution in [0.1, 0.15) is 50.7 Å². The van der Waals surface area contributed by atoms with Gasteiger partial charge in [0.25, 0.3) is 0 Å². The Labute approximate surface area is 136 Å². The van der Waals surface area contributed by atoms with Crippen LogP contribution in [0.2, 0.25) is 0 Å². The second-order valence-corrected chi connectivity index (χ2v) is 6.64. The van der Waals surface area contributed by atoms with E-state index in [4.69, 9.17) is 4.98 Å². The molecule has 1 atom stereocenters. The van der Waals surface area contributed by atoms with Gasteiger partial charge in [-0.1, -0.05) is 6.92 Å². The first-order chi connectivity index (χ1) is 11.2. The maximum absolute atomic E-state index is 9.35. The molecule has 6 heteroatoms. The van der Waals surface area contributed by atoms with Crippen LogP contribution in [0.4, 0.5) is 11.6 Å². The lowest BCUT2D eigenvalue weighted by Gasteiger charge is -2.29. The number of nitrogens with zero attached hydrogens (tertiary/aromatic N) is 5. The van der Waals surface area contributed by atoms with Gasteiger partial charge in [-0.15, -0.1) is 0 Å². The number of hydrogen-bond donors (Lipinski definition) is 1. The molecule has 0 spiro atoms. The summed E-state index contributed by atoms with van der Waals surface area (Å²) in [5.74, 6) is 2.08. The van der Waals surface area contributed by atoms with Crippen molar-refractivity contribution in [3.05, 3.63) is 17.3 Å². The lowest BCUT2D eigenvalue weighted by atomic mass is 9.93. The summed E-state index contributed by atoms with van der Waals surface area (Å²) in [6, 6.07) is 3.20. The van der Waals surface area contributed by atoms with Gasteiger partial charge in [-0.05, 0) is 39.0 Å². The average Bonchev–Trinajstić information content (AvgIpc) is 3.13. The monoisotopic (exact) mass is 310 g/mol. The Bertz CT molecular complexity index is 782. The molecule has 1 N–H and O–H groups in total. The van der Waals surface area contributed by atoms with Gasteiger partial charge in [0.15, 0.2) is 5.65 Å². The Morgan fingerprint density at radius 3 is 2.96 bits per heavy atom. The molecular formula is C17H22N6. The van der Waals surface area contributed by atoms with Crippen molar-refractivity contribution < 1.29 is 0 Å². The summed E-state index contributed by atoms with van der Waals surface area (Å²) in [6.45, 7) is 5.44. The number of nitriles is 1. The third-order valence-electron chi connectivity index (χ3n) is 5.28. The Morgan fingerprint density at radius 1 is 1.48 bits per heavy atom. The van der Waals surface area contributed by atoms with Crippen molar-refractivity contribution in [3.8, 4) is 6.07 Å². The van der Waals surface area contributed by atoms with E-state index in [1.165, 1.54) is 24.8 Å². The summed E-state index contributed by atoms with van der Waals surface area (Å²) in [4.78, 5) is 7.17. The molecule has 23 heavy (non-hydrogen) atoms. The molecule has 1 fully saturated rings. The fourth-order valence-electron chi connectivity index (χ4n) is 3.47. The molecule has 1 aliphatic heterocycles. The van der Waals surface area contributed by atoms with Crippen LogP contribution in [0, 0.1) is 11.3 Å². The summed E-state index contributed by atoms with van der Waals surface area (Å²) in [7, 11) is 0. The maximum Gasteiger partial charge on any atom is 0.177 e. The van der Waals surface area contributed by atoms with Gasteiger partial charge in [0, 0.05) is 24.2 Å². The number of hydrogen-bond acceptors (Lipinski definition) is 5. The molecule has 0 amide bonds. The highest BCUT2D eigenvalue weighted by molar-refractivity contribution is 5.71. The zero-order valence-electron chi connectivity index (χ0n) is 13.7. The van der Waals surface area contributed by atoms with E-state index in [1.54, 1.807) is 6.20 Å². The summed E-state index contributed by atoms with van der Waals surface area (Å²) >= 11 is 0. The minimum atomic E-state index is 0.452. The van der Waals surface area contributed by atoms with E-state index in [-0.39, 0.29) is 0 Å². The minimum Gasteiger partial charge on any atom is -0.367 e. The number of fused-ring (bicyclic) bond motifs is 3. The van der Waals surface area contributed by atoms with E-state index in [0.29, 0.717) is 23.3 Å². The Kier molecular flexibility index (Phi) is 3.37. The quantitative estimate of drug-likeness (QED) is 0.940. The molecule has 2 aliphatic rings. The molecular weight excluding hydrogens is 288 g/mol. The molecule has 120 valence electrons. The fourth-order valence-corrected chi connectivity index (χ4v) is 3.47. The van der Waals surface area contributed by atoms with Gasteiger partial charge >= 0.3 is 0 Å². The smallest absolute Gasteiger partial charge is 0.177 e. The summed E-state index contributed by atoms with van der Waals surface area (Å²) in [5.41, 5.74) is 2.46. The molecule has 1 saturated carbocycles. The molecule has 0 bridgehead atoms. The van der Waals surface area contributed by atoms with Crippen LogP contribution in [-0.4, -0.2) is 33.2 Å². The van der Waals surface area contributed by atoms with Gasteiger partial charge in [-0.2, -0.15) is 14.9 Å². The third-order valence-corrected chi connectivity index (χ3v) is 5.28.